The van der Waals surface area contributed by atoms with Crippen molar-refractivity contribution in [3.63, 3.8) is 0 Å². The molecule has 1 atom stereocenters. The first-order valence-electron chi connectivity index (χ1n) is 8.84. The van der Waals surface area contributed by atoms with Gasteiger partial charge in [-0.1, -0.05) is 17.4 Å². The Kier molecular flexibility index (Phi) is 4.39. The maximum absolute atomic E-state index is 11.7. The summed E-state index contributed by atoms with van der Waals surface area (Å²) in [6.07, 6.45) is 1.90. The number of nitrogens with zero attached hydrogens (tertiary/aromatic N) is 3. The second-order valence-electron chi connectivity index (χ2n) is 7.52. The second-order valence-corrected chi connectivity index (χ2v) is 8.56. The van der Waals surface area contributed by atoms with Crippen molar-refractivity contribution in [2.75, 3.05) is 6.61 Å². The average Bonchev–Trinajstić information content (AvgIpc) is 3.17. The number of aromatic carboxylic acids is 1. The molecule has 3 heterocycles. The molecule has 0 spiro atoms. The summed E-state index contributed by atoms with van der Waals surface area (Å²) < 4.78 is 7.52. The monoisotopic (exact) mass is 387 g/mol. The van der Waals surface area contributed by atoms with Crippen molar-refractivity contribution >= 4 is 28.2 Å². The van der Waals surface area contributed by atoms with Crippen LogP contribution < -0.4 is 0 Å². The lowest BCUT2D eigenvalue weighted by molar-refractivity contribution is -0.0592. The van der Waals surface area contributed by atoms with E-state index in [0.717, 1.165) is 41.7 Å². The van der Waals surface area contributed by atoms with Crippen LogP contribution in [0.5, 0.6) is 5.19 Å². The van der Waals surface area contributed by atoms with Gasteiger partial charge < -0.3 is 19.5 Å². The van der Waals surface area contributed by atoms with E-state index in [-0.39, 0.29) is 23.0 Å². The number of carboxylic acid groups (broad SMARTS) is 1. The van der Waals surface area contributed by atoms with E-state index in [2.05, 4.69) is 36.2 Å². The fraction of sp³-hybridized carbons (Fsp3) is 0.421. The number of rotatable bonds is 4. The average molecular weight is 387 g/mol. The van der Waals surface area contributed by atoms with Crippen LogP contribution in [-0.4, -0.2) is 43.2 Å². The maximum Gasteiger partial charge on any atom is 0.352 e. The fourth-order valence-electron chi connectivity index (χ4n) is 3.85. The highest BCUT2D eigenvalue weighted by molar-refractivity contribution is 7.12. The molecule has 27 heavy (non-hydrogen) atoms. The molecule has 1 fully saturated rings. The number of ether oxygens (including phenoxy) is 1. The van der Waals surface area contributed by atoms with Gasteiger partial charge in [0.25, 0.3) is 5.19 Å². The van der Waals surface area contributed by atoms with Gasteiger partial charge in [-0.2, -0.15) is 0 Å². The summed E-state index contributed by atoms with van der Waals surface area (Å²) in [5.41, 5.74) is 2.10. The van der Waals surface area contributed by atoms with Gasteiger partial charge in [0, 0.05) is 17.5 Å². The molecular weight excluding hydrogens is 366 g/mol. The normalized spacial score (nSPS) is 19.4. The topological polar surface area (TPSA) is 97.5 Å². The predicted molar refractivity (Wildman–Crippen MR) is 102 cm³/mol. The van der Waals surface area contributed by atoms with Crippen molar-refractivity contribution in [1.29, 1.82) is 0 Å². The highest BCUT2D eigenvalue weighted by atomic mass is 32.1. The SMILES string of the molecule is CC1(C)CC(c2ccc3c(c2)cc(C(=O)O)n3Cc2nnc(O)s2)CCO1. The Labute approximate surface area is 160 Å². The van der Waals surface area contributed by atoms with Crippen LogP contribution in [-0.2, 0) is 11.3 Å². The third-order valence-electron chi connectivity index (χ3n) is 5.06. The molecule has 4 rings (SSSR count). The van der Waals surface area contributed by atoms with E-state index in [0.29, 0.717) is 10.9 Å². The van der Waals surface area contributed by atoms with Gasteiger partial charge in [0.2, 0.25) is 0 Å². The minimum Gasteiger partial charge on any atom is -0.485 e. The van der Waals surface area contributed by atoms with Crippen molar-refractivity contribution in [2.24, 2.45) is 0 Å². The molecule has 2 aromatic heterocycles. The molecule has 8 heteroatoms. The summed E-state index contributed by atoms with van der Waals surface area (Å²) >= 11 is 1.05. The van der Waals surface area contributed by atoms with Crippen LogP contribution in [0.4, 0.5) is 0 Å². The molecule has 0 aliphatic carbocycles. The van der Waals surface area contributed by atoms with Crippen molar-refractivity contribution in [2.45, 2.75) is 44.8 Å². The van der Waals surface area contributed by atoms with Gasteiger partial charge in [-0.3, -0.25) is 0 Å². The Morgan fingerprint density at radius 3 is 2.85 bits per heavy atom. The summed E-state index contributed by atoms with van der Waals surface area (Å²) in [6.45, 7) is 5.20. The Hall–Kier alpha value is -2.45. The lowest BCUT2D eigenvalue weighted by Crippen LogP contribution is -2.32. The first kappa shape index (κ1) is 17.9. The van der Waals surface area contributed by atoms with E-state index in [1.165, 1.54) is 5.56 Å². The van der Waals surface area contributed by atoms with Crippen LogP contribution in [0.2, 0.25) is 0 Å². The first-order chi connectivity index (χ1) is 12.8. The van der Waals surface area contributed by atoms with Crippen LogP contribution >= 0.6 is 11.3 Å². The molecule has 0 amide bonds. The van der Waals surface area contributed by atoms with Crippen molar-refractivity contribution in [1.82, 2.24) is 14.8 Å². The molecule has 142 valence electrons. The van der Waals surface area contributed by atoms with Crippen molar-refractivity contribution in [3.05, 3.63) is 40.5 Å². The van der Waals surface area contributed by atoms with E-state index in [1.54, 1.807) is 10.6 Å². The standard InChI is InChI=1S/C19H21N3O4S/c1-19(2)9-12(5-6-26-19)11-3-4-14-13(7-11)8-15(17(23)24)22(14)10-16-20-21-18(25)27-16/h3-4,7-8,12H,5-6,9-10H2,1-2H3,(H,21,25)(H,23,24). The number of hydrogen-bond acceptors (Lipinski definition) is 6. The molecule has 0 radical (unpaired) electrons. The molecule has 1 aliphatic heterocycles. The second kappa shape index (κ2) is 6.61. The van der Waals surface area contributed by atoms with Gasteiger partial charge in [-0.05, 0) is 56.4 Å². The Morgan fingerprint density at radius 1 is 1.37 bits per heavy atom. The van der Waals surface area contributed by atoms with E-state index in [9.17, 15) is 15.0 Å². The number of aromatic hydroxyl groups is 1. The molecular formula is C19H21N3O4S. The minimum atomic E-state index is -0.992. The number of fused-ring (bicyclic) bond motifs is 1. The molecule has 3 aromatic rings. The summed E-state index contributed by atoms with van der Waals surface area (Å²) in [4.78, 5) is 11.7. The van der Waals surface area contributed by atoms with E-state index < -0.39 is 5.97 Å². The lowest BCUT2D eigenvalue weighted by Gasteiger charge is -2.35. The number of carboxylic acids is 1. The summed E-state index contributed by atoms with van der Waals surface area (Å²) in [7, 11) is 0. The largest absolute Gasteiger partial charge is 0.485 e. The summed E-state index contributed by atoms with van der Waals surface area (Å²) in [6, 6.07) is 7.84. The predicted octanol–water partition coefficient (Wildman–Crippen LogP) is 3.62. The third-order valence-corrected chi connectivity index (χ3v) is 5.77. The Bertz CT molecular complexity index is 1010. The van der Waals surface area contributed by atoms with Crippen LogP contribution in [0.1, 0.15) is 53.7 Å². The fourth-order valence-corrected chi connectivity index (χ4v) is 4.42. The van der Waals surface area contributed by atoms with Gasteiger partial charge in [0.1, 0.15) is 10.7 Å². The van der Waals surface area contributed by atoms with Crippen LogP contribution in [0.25, 0.3) is 10.9 Å². The molecule has 1 aromatic carbocycles. The van der Waals surface area contributed by atoms with Crippen molar-refractivity contribution < 1.29 is 19.7 Å². The zero-order chi connectivity index (χ0) is 19.2. The molecule has 0 bridgehead atoms. The number of benzene rings is 1. The third kappa shape index (κ3) is 3.54. The van der Waals surface area contributed by atoms with Crippen LogP contribution in [0, 0.1) is 0 Å². The van der Waals surface area contributed by atoms with Crippen molar-refractivity contribution in [3.8, 4) is 5.19 Å². The zero-order valence-corrected chi connectivity index (χ0v) is 16.0. The van der Waals surface area contributed by atoms with Crippen LogP contribution in [0.15, 0.2) is 24.3 Å². The van der Waals surface area contributed by atoms with Gasteiger partial charge >= 0.3 is 5.97 Å². The number of aromatic nitrogens is 3. The first-order valence-corrected chi connectivity index (χ1v) is 9.66. The van der Waals surface area contributed by atoms with Gasteiger partial charge in [0.15, 0.2) is 0 Å². The lowest BCUT2D eigenvalue weighted by atomic mass is 9.83. The Morgan fingerprint density at radius 2 is 2.19 bits per heavy atom. The molecule has 7 nitrogen and oxygen atoms in total. The molecule has 2 N–H and O–H groups in total. The van der Waals surface area contributed by atoms with Gasteiger partial charge in [0.05, 0.1) is 12.1 Å². The van der Waals surface area contributed by atoms with Gasteiger partial charge in [-0.25, -0.2) is 4.79 Å². The minimum absolute atomic E-state index is 0.122. The van der Waals surface area contributed by atoms with E-state index in [4.69, 9.17) is 4.74 Å². The smallest absolute Gasteiger partial charge is 0.352 e. The maximum atomic E-state index is 11.7. The number of hydrogen-bond donors (Lipinski definition) is 2. The number of carbonyl (C=O) groups is 1. The highest BCUT2D eigenvalue weighted by Gasteiger charge is 2.30. The van der Waals surface area contributed by atoms with Gasteiger partial charge in [-0.15, -0.1) is 10.2 Å². The Balaban J connectivity index is 1.73. The highest BCUT2D eigenvalue weighted by Crippen LogP contribution is 2.37. The zero-order valence-electron chi connectivity index (χ0n) is 15.2. The molecule has 0 saturated carbocycles. The molecule has 1 saturated heterocycles. The molecule has 1 aliphatic rings. The summed E-state index contributed by atoms with van der Waals surface area (Å²) in [5.74, 6) is -0.594. The quantitative estimate of drug-likeness (QED) is 0.710. The molecule has 1 unspecified atom stereocenters. The van der Waals surface area contributed by atoms with E-state index in [1.807, 2.05) is 6.07 Å². The van der Waals surface area contributed by atoms with Crippen LogP contribution in [0.3, 0.4) is 0 Å². The van der Waals surface area contributed by atoms with E-state index >= 15 is 0 Å². The summed E-state index contributed by atoms with van der Waals surface area (Å²) in [5, 5.41) is 27.8.